The molecule has 1 saturated heterocycles. The van der Waals surface area contributed by atoms with Crippen molar-refractivity contribution in [2.75, 3.05) is 60.0 Å². The molecule has 0 bridgehead atoms. The number of halogens is 1. The quantitative estimate of drug-likeness (QED) is 0.610. The predicted octanol–water partition coefficient (Wildman–Crippen LogP) is 3.00. The van der Waals surface area contributed by atoms with E-state index in [1.54, 1.807) is 12.0 Å². The normalized spacial score (nSPS) is 15.0. The lowest BCUT2D eigenvalue weighted by Gasteiger charge is -2.34. The van der Waals surface area contributed by atoms with Gasteiger partial charge in [0.2, 0.25) is 5.91 Å². The van der Waals surface area contributed by atoms with Crippen LogP contribution in [0.15, 0.2) is 48.5 Å². The summed E-state index contributed by atoms with van der Waals surface area (Å²) in [4.78, 5) is 19.0. The van der Waals surface area contributed by atoms with Gasteiger partial charge in [0, 0.05) is 46.3 Å². The number of hydrogen-bond donors (Lipinski definition) is 0. The third-order valence-electron chi connectivity index (χ3n) is 5.33. The van der Waals surface area contributed by atoms with E-state index < -0.39 is 0 Å². The first-order valence-electron chi connectivity index (χ1n) is 10.2. The molecule has 1 heterocycles. The molecule has 1 fully saturated rings. The van der Waals surface area contributed by atoms with E-state index in [1.807, 2.05) is 55.6 Å². The molecule has 1 amide bonds. The fourth-order valence-electron chi connectivity index (χ4n) is 3.42. The molecule has 0 radical (unpaired) electrons. The van der Waals surface area contributed by atoms with Crippen LogP contribution >= 0.6 is 11.6 Å². The molecule has 0 unspecified atom stereocenters. The topological polar surface area (TPSA) is 45.2 Å². The van der Waals surface area contributed by atoms with E-state index >= 15 is 0 Å². The standard InChI is InChI=1S/C23H30ClN3O3/c1-25(17-19-7-9-20(29-2)10-8-19)23(28)18-27-13-11-26(12-14-27)15-16-30-22-6-4-3-5-21(22)24/h3-10H,11-18H2,1-2H3. The minimum absolute atomic E-state index is 0.140. The monoisotopic (exact) mass is 431 g/mol. The van der Waals surface area contributed by atoms with Gasteiger partial charge in [0.1, 0.15) is 18.1 Å². The summed E-state index contributed by atoms with van der Waals surface area (Å²) in [5.41, 5.74) is 1.09. The number of hydrogen-bond acceptors (Lipinski definition) is 5. The molecular weight excluding hydrogens is 402 g/mol. The number of ether oxygens (including phenoxy) is 2. The highest BCUT2D eigenvalue weighted by atomic mass is 35.5. The zero-order valence-corrected chi connectivity index (χ0v) is 18.5. The van der Waals surface area contributed by atoms with Gasteiger partial charge in [-0.25, -0.2) is 0 Å². The van der Waals surface area contributed by atoms with Crippen LogP contribution in [0, 0.1) is 0 Å². The van der Waals surface area contributed by atoms with Crippen LogP contribution in [0.25, 0.3) is 0 Å². The predicted molar refractivity (Wildman–Crippen MR) is 119 cm³/mol. The number of nitrogens with zero attached hydrogens (tertiary/aromatic N) is 3. The minimum atomic E-state index is 0.140. The molecule has 0 aromatic heterocycles. The Kier molecular flexibility index (Phi) is 8.37. The summed E-state index contributed by atoms with van der Waals surface area (Å²) in [5, 5.41) is 0.639. The van der Waals surface area contributed by atoms with Crippen LogP contribution in [0.3, 0.4) is 0 Å². The Morgan fingerprint density at radius 2 is 1.70 bits per heavy atom. The van der Waals surface area contributed by atoms with Crippen molar-refractivity contribution >= 4 is 17.5 Å². The van der Waals surface area contributed by atoms with Gasteiger partial charge >= 0.3 is 0 Å². The molecule has 0 saturated carbocycles. The molecule has 0 spiro atoms. The summed E-state index contributed by atoms with van der Waals surface area (Å²) >= 11 is 6.12. The first-order chi connectivity index (χ1) is 14.5. The van der Waals surface area contributed by atoms with Gasteiger partial charge < -0.3 is 14.4 Å². The Bertz CT molecular complexity index is 808. The maximum absolute atomic E-state index is 12.6. The van der Waals surface area contributed by atoms with E-state index in [-0.39, 0.29) is 5.91 Å². The highest BCUT2D eigenvalue weighted by Crippen LogP contribution is 2.23. The Morgan fingerprint density at radius 1 is 1.03 bits per heavy atom. The second-order valence-corrected chi connectivity index (χ2v) is 7.90. The number of amides is 1. The van der Waals surface area contributed by atoms with Crippen molar-refractivity contribution in [3.05, 3.63) is 59.1 Å². The molecule has 3 rings (SSSR count). The SMILES string of the molecule is COc1ccc(CN(C)C(=O)CN2CCN(CCOc3ccccc3Cl)CC2)cc1. The average Bonchev–Trinajstić information content (AvgIpc) is 2.76. The van der Waals surface area contributed by atoms with Crippen molar-refractivity contribution in [1.82, 2.24) is 14.7 Å². The summed E-state index contributed by atoms with van der Waals surface area (Å²) in [7, 11) is 3.51. The number of methoxy groups -OCH3 is 1. The Labute approximate surface area is 183 Å². The van der Waals surface area contributed by atoms with Crippen LogP contribution < -0.4 is 9.47 Å². The number of rotatable bonds is 9. The molecule has 2 aromatic carbocycles. The second kappa shape index (κ2) is 11.2. The van der Waals surface area contributed by atoms with Crippen molar-refractivity contribution < 1.29 is 14.3 Å². The van der Waals surface area contributed by atoms with E-state index in [2.05, 4.69) is 9.80 Å². The number of likely N-dealkylation sites (N-methyl/N-ethyl adjacent to an activating group) is 1. The van der Waals surface area contributed by atoms with Gasteiger partial charge in [0.25, 0.3) is 0 Å². The lowest BCUT2D eigenvalue weighted by Crippen LogP contribution is -2.50. The molecule has 1 aliphatic rings. The molecule has 6 nitrogen and oxygen atoms in total. The summed E-state index contributed by atoms with van der Waals surface area (Å²) in [6.45, 7) is 6.14. The fraction of sp³-hybridized carbons (Fsp3) is 0.435. The molecule has 162 valence electrons. The lowest BCUT2D eigenvalue weighted by molar-refractivity contribution is -0.132. The smallest absolute Gasteiger partial charge is 0.236 e. The maximum Gasteiger partial charge on any atom is 0.236 e. The molecule has 1 aliphatic heterocycles. The zero-order valence-electron chi connectivity index (χ0n) is 17.7. The summed E-state index contributed by atoms with van der Waals surface area (Å²) in [6, 6.07) is 15.3. The van der Waals surface area contributed by atoms with Gasteiger partial charge in [-0.1, -0.05) is 35.9 Å². The van der Waals surface area contributed by atoms with Crippen LogP contribution in [0.4, 0.5) is 0 Å². The molecule has 0 aliphatic carbocycles. The molecule has 30 heavy (non-hydrogen) atoms. The van der Waals surface area contributed by atoms with E-state index in [0.717, 1.165) is 49.8 Å². The largest absolute Gasteiger partial charge is 0.497 e. The van der Waals surface area contributed by atoms with E-state index in [0.29, 0.717) is 24.7 Å². The Morgan fingerprint density at radius 3 is 2.37 bits per heavy atom. The third kappa shape index (κ3) is 6.62. The van der Waals surface area contributed by atoms with Gasteiger partial charge in [-0.15, -0.1) is 0 Å². The number of carbonyl (C=O) groups is 1. The minimum Gasteiger partial charge on any atom is -0.497 e. The summed E-state index contributed by atoms with van der Waals surface area (Å²) in [6.07, 6.45) is 0. The molecule has 0 N–H and O–H groups in total. The van der Waals surface area contributed by atoms with Crippen molar-refractivity contribution in [2.45, 2.75) is 6.54 Å². The van der Waals surface area contributed by atoms with Crippen molar-refractivity contribution in [3.63, 3.8) is 0 Å². The Hall–Kier alpha value is -2.28. The average molecular weight is 432 g/mol. The van der Waals surface area contributed by atoms with Gasteiger partial charge in [-0.3, -0.25) is 14.6 Å². The van der Waals surface area contributed by atoms with Crippen LogP contribution in [-0.2, 0) is 11.3 Å². The molecule has 7 heteroatoms. The Balaban J connectivity index is 1.35. The van der Waals surface area contributed by atoms with Crippen molar-refractivity contribution in [1.29, 1.82) is 0 Å². The van der Waals surface area contributed by atoms with Gasteiger partial charge in [0.05, 0.1) is 18.7 Å². The number of piperazine rings is 1. The van der Waals surface area contributed by atoms with Crippen LogP contribution in [0.5, 0.6) is 11.5 Å². The molecular formula is C23H30ClN3O3. The second-order valence-electron chi connectivity index (χ2n) is 7.49. The van der Waals surface area contributed by atoms with E-state index in [1.165, 1.54) is 0 Å². The van der Waals surface area contributed by atoms with Gasteiger partial charge in [-0.05, 0) is 29.8 Å². The first kappa shape index (κ1) is 22.4. The van der Waals surface area contributed by atoms with Crippen LogP contribution in [-0.4, -0.2) is 80.6 Å². The van der Waals surface area contributed by atoms with Crippen molar-refractivity contribution in [3.8, 4) is 11.5 Å². The highest BCUT2D eigenvalue weighted by Gasteiger charge is 2.20. The van der Waals surface area contributed by atoms with Gasteiger partial charge in [0.15, 0.2) is 0 Å². The fourth-order valence-corrected chi connectivity index (χ4v) is 3.61. The molecule has 2 aromatic rings. The summed E-state index contributed by atoms with van der Waals surface area (Å²) in [5.74, 6) is 1.69. The lowest BCUT2D eigenvalue weighted by atomic mass is 10.2. The number of carbonyl (C=O) groups excluding carboxylic acids is 1. The maximum atomic E-state index is 12.6. The third-order valence-corrected chi connectivity index (χ3v) is 5.64. The highest BCUT2D eigenvalue weighted by molar-refractivity contribution is 6.32. The first-order valence-corrected chi connectivity index (χ1v) is 10.6. The molecule has 0 atom stereocenters. The number of para-hydroxylation sites is 1. The summed E-state index contributed by atoms with van der Waals surface area (Å²) < 4.78 is 11.0. The zero-order chi connectivity index (χ0) is 21.3. The van der Waals surface area contributed by atoms with E-state index in [4.69, 9.17) is 21.1 Å². The number of benzene rings is 2. The van der Waals surface area contributed by atoms with E-state index in [9.17, 15) is 4.79 Å². The van der Waals surface area contributed by atoms with Crippen LogP contribution in [0.2, 0.25) is 5.02 Å². The van der Waals surface area contributed by atoms with Crippen LogP contribution in [0.1, 0.15) is 5.56 Å². The van der Waals surface area contributed by atoms with Crippen molar-refractivity contribution in [2.24, 2.45) is 0 Å². The van der Waals surface area contributed by atoms with Gasteiger partial charge in [-0.2, -0.15) is 0 Å².